The first-order chi connectivity index (χ1) is 8.11. The van der Waals surface area contributed by atoms with E-state index in [1.54, 1.807) is 0 Å². The maximum Gasteiger partial charge on any atom is 0.124 e. The van der Waals surface area contributed by atoms with Crippen molar-refractivity contribution >= 4 is 22.6 Å². The molecule has 0 amide bonds. The predicted octanol–water partition coefficient (Wildman–Crippen LogP) is 1.74. The van der Waals surface area contributed by atoms with E-state index in [-0.39, 0.29) is 6.61 Å². The first kappa shape index (κ1) is 12.4. The molecule has 1 aromatic carbocycles. The number of aromatic nitrogens is 2. The highest BCUT2D eigenvalue weighted by atomic mass is 35.5. The van der Waals surface area contributed by atoms with E-state index >= 15 is 0 Å². The summed E-state index contributed by atoms with van der Waals surface area (Å²) in [5.74, 6) is 0.946. The maximum atomic E-state index is 9.12. The average Bonchev–Trinajstić information content (AvgIpc) is 2.55. The monoisotopic (exact) mass is 253 g/mol. The van der Waals surface area contributed by atoms with Crippen molar-refractivity contribution in [3.63, 3.8) is 0 Å². The van der Waals surface area contributed by atoms with Gasteiger partial charge in [-0.2, -0.15) is 0 Å². The molecule has 0 aliphatic heterocycles. The highest BCUT2D eigenvalue weighted by Gasteiger charge is 2.11. The van der Waals surface area contributed by atoms with Gasteiger partial charge in [-0.05, 0) is 32.3 Å². The summed E-state index contributed by atoms with van der Waals surface area (Å²) in [5, 5.41) is 9.81. The standard InChI is InChI=1S/C12H16ClN3O/c1-15(2)8-12-14-10-7-9(13)3-4-11(10)16(12)5-6-17/h3-4,7,17H,5-6,8H2,1-2H3. The van der Waals surface area contributed by atoms with E-state index in [4.69, 9.17) is 16.7 Å². The topological polar surface area (TPSA) is 41.3 Å². The lowest BCUT2D eigenvalue weighted by atomic mass is 10.3. The number of rotatable bonds is 4. The summed E-state index contributed by atoms with van der Waals surface area (Å²) in [6.45, 7) is 1.40. The predicted molar refractivity (Wildman–Crippen MR) is 69.2 cm³/mol. The zero-order chi connectivity index (χ0) is 12.4. The molecule has 0 bridgehead atoms. The number of hydrogen-bond donors (Lipinski definition) is 1. The minimum absolute atomic E-state index is 0.106. The van der Waals surface area contributed by atoms with Crippen LogP contribution in [0, 0.1) is 0 Å². The second-order valence-electron chi connectivity index (χ2n) is 4.27. The van der Waals surface area contributed by atoms with E-state index in [2.05, 4.69) is 9.88 Å². The molecule has 1 heterocycles. The Balaban J connectivity index is 2.53. The van der Waals surface area contributed by atoms with E-state index in [9.17, 15) is 0 Å². The van der Waals surface area contributed by atoms with Crippen molar-refractivity contribution in [2.24, 2.45) is 0 Å². The molecule has 0 spiro atoms. The number of imidazole rings is 1. The summed E-state index contributed by atoms with van der Waals surface area (Å²) in [4.78, 5) is 6.61. The molecule has 17 heavy (non-hydrogen) atoms. The van der Waals surface area contributed by atoms with Gasteiger partial charge in [-0.3, -0.25) is 0 Å². The Morgan fingerprint density at radius 1 is 1.41 bits per heavy atom. The fourth-order valence-corrected chi connectivity index (χ4v) is 2.07. The van der Waals surface area contributed by atoms with E-state index in [0.29, 0.717) is 11.6 Å². The lowest BCUT2D eigenvalue weighted by Crippen LogP contribution is -2.16. The third-order valence-electron chi connectivity index (χ3n) is 2.57. The Labute approximate surface area is 105 Å². The molecule has 4 nitrogen and oxygen atoms in total. The zero-order valence-corrected chi connectivity index (χ0v) is 10.8. The average molecular weight is 254 g/mol. The van der Waals surface area contributed by atoms with Crippen LogP contribution in [0.5, 0.6) is 0 Å². The summed E-state index contributed by atoms with van der Waals surface area (Å²) in [6, 6.07) is 5.64. The summed E-state index contributed by atoms with van der Waals surface area (Å²) in [5.41, 5.74) is 1.89. The van der Waals surface area contributed by atoms with Gasteiger partial charge in [-0.25, -0.2) is 4.98 Å². The van der Waals surface area contributed by atoms with Gasteiger partial charge in [0.25, 0.3) is 0 Å². The maximum absolute atomic E-state index is 9.12. The van der Waals surface area contributed by atoms with Gasteiger partial charge in [0.1, 0.15) is 5.82 Å². The van der Waals surface area contributed by atoms with Crippen LogP contribution < -0.4 is 0 Å². The van der Waals surface area contributed by atoms with Crippen molar-refractivity contribution in [3.8, 4) is 0 Å². The number of benzene rings is 1. The van der Waals surface area contributed by atoms with Gasteiger partial charge in [0.15, 0.2) is 0 Å². The Morgan fingerprint density at radius 2 is 2.18 bits per heavy atom. The molecule has 92 valence electrons. The van der Waals surface area contributed by atoms with Gasteiger partial charge in [0.2, 0.25) is 0 Å². The lowest BCUT2D eigenvalue weighted by Gasteiger charge is -2.11. The molecular formula is C12H16ClN3O. The molecule has 0 aliphatic rings. The van der Waals surface area contributed by atoms with E-state index in [0.717, 1.165) is 23.4 Å². The summed E-state index contributed by atoms with van der Waals surface area (Å²) < 4.78 is 2.03. The van der Waals surface area contributed by atoms with Crippen LogP contribution in [0.15, 0.2) is 18.2 Å². The fourth-order valence-electron chi connectivity index (χ4n) is 1.91. The third kappa shape index (κ3) is 2.60. The quantitative estimate of drug-likeness (QED) is 0.903. The largest absolute Gasteiger partial charge is 0.395 e. The SMILES string of the molecule is CN(C)Cc1nc2cc(Cl)ccc2n1CCO. The molecule has 0 saturated heterocycles. The van der Waals surface area contributed by atoms with Crippen LogP contribution in [0.1, 0.15) is 5.82 Å². The van der Waals surface area contributed by atoms with Crippen LogP contribution in [-0.4, -0.2) is 40.3 Å². The number of nitrogens with zero attached hydrogens (tertiary/aromatic N) is 3. The van der Waals surface area contributed by atoms with Crippen LogP contribution in [0.3, 0.4) is 0 Å². The summed E-state index contributed by atoms with van der Waals surface area (Å²) in [7, 11) is 3.99. The first-order valence-corrected chi connectivity index (χ1v) is 5.90. The number of hydrogen-bond acceptors (Lipinski definition) is 3. The lowest BCUT2D eigenvalue weighted by molar-refractivity contribution is 0.272. The number of fused-ring (bicyclic) bond motifs is 1. The molecule has 0 unspecified atom stereocenters. The summed E-state index contributed by atoms with van der Waals surface area (Å²) >= 11 is 5.95. The molecule has 0 radical (unpaired) electrons. The molecule has 1 N–H and O–H groups in total. The molecule has 0 saturated carbocycles. The van der Waals surface area contributed by atoms with Gasteiger partial charge in [-0.15, -0.1) is 0 Å². The highest BCUT2D eigenvalue weighted by Crippen LogP contribution is 2.21. The molecule has 1 aromatic heterocycles. The van der Waals surface area contributed by atoms with Crippen LogP contribution in [0.4, 0.5) is 0 Å². The minimum Gasteiger partial charge on any atom is -0.395 e. The first-order valence-electron chi connectivity index (χ1n) is 5.52. The normalized spacial score (nSPS) is 11.6. The molecule has 2 aromatic rings. The number of aliphatic hydroxyl groups excluding tert-OH is 1. The Kier molecular flexibility index (Phi) is 3.66. The van der Waals surface area contributed by atoms with Gasteiger partial charge in [-0.1, -0.05) is 11.6 Å². The Bertz CT molecular complexity index is 522. The van der Waals surface area contributed by atoms with Crippen molar-refractivity contribution in [1.29, 1.82) is 0 Å². The second-order valence-corrected chi connectivity index (χ2v) is 4.71. The van der Waals surface area contributed by atoms with Gasteiger partial charge < -0.3 is 14.6 Å². The van der Waals surface area contributed by atoms with Crippen molar-refractivity contribution in [2.45, 2.75) is 13.1 Å². The highest BCUT2D eigenvalue weighted by molar-refractivity contribution is 6.31. The third-order valence-corrected chi connectivity index (χ3v) is 2.81. The van der Waals surface area contributed by atoms with Crippen LogP contribution in [0.2, 0.25) is 5.02 Å². The van der Waals surface area contributed by atoms with Crippen molar-refractivity contribution in [1.82, 2.24) is 14.5 Å². The van der Waals surface area contributed by atoms with Crippen molar-refractivity contribution in [3.05, 3.63) is 29.0 Å². The molecule has 0 atom stereocenters. The van der Waals surface area contributed by atoms with E-state index in [1.807, 2.05) is 36.9 Å². The molecule has 5 heteroatoms. The van der Waals surface area contributed by atoms with Gasteiger partial charge >= 0.3 is 0 Å². The molecule has 0 fully saturated rings. The number of aliphatic hydroxyl groups is 1. The van der Waals surface area contributed by atoms with Crippen LogP contribution in [-0.2, 0) is 13.1 Å². The Morgan fingerprint density at radius 3 is 2.82 bits per heavy atom. The summed E-state index contributed by atoms with van der Waals surface area (Å²) in [6.07, 6.45) is 0. The zero-order valence-electron chi connectivity index (χ0n) is 10.0. The van der Waals surface area contributed by atoms with Crippen molar-refractivity contribution in [2.75, 3.05) is 20.7 Å². The van der Waals surface area contributed by atoms with Gasteiger partial charge in [0.05, 0.1) is 24.2 Å². The van der Waals surface area contributed by atoms with Crippen LogP contribution in [0.25, 0.3) is 11.0 Å². The van der Waals surface area contributed by atoms with E-state index in [1.165, 1.54) is 0 Å². The molecule has 2 rings (SSSR count). The van der Waals surface area contributed by atoms with Gasteiger partial charge in [0, 0.05) is 11.6 Å². The smallest absolute Gasteiger partial charge is 0.124 e. The second kappa shape index (κ2) is 5.04. The molecular weight excluding hydrogens is 238 g/mol. The molecule has 0 aliphatic carbocycles. The fraction of sp³-hybridized carbons (Fsp3) is 0.417. The Hall–Kier alpha value is -1.10. The number of halogens is 1. The van der Waals surface area contributed by atoms with Crippen molar-refractivity contribution < 1.29 is 5.11 Å². The van der Waals surface area contributed by atoms with E-state index < -0.39 is 0 Å². The van der Waals surface area contributed by atoms with Crippen LogP contribution >= 0.6 is 11.6 Å². The minimum atomic E-state index is 0.106.